The van der Waals surface area contributed by atoms with Crippen molar-refractivity contribution in [2.45, 2.75) is 6.42 Å². The Labute approximate surface area is 106 Å². The summed E-state index contributed by atoms with van der Waals surface area (Å²) in [6, 6.07) is 0. The molecule has 1 heterocycles. The van der Waals surface area contributed by atoms with Crippen molar-refractivity contribution >= 4 is 11.9 Å². The van der Waals surface area contributed by atoms with Crippen LogP contribution in [-0.4, -0.2) is 84.4 Å². The van der Waals surface area contributed by atoms with E-state index in [4.69, 9.17) is 14.9 Å². The summed E-state index contributed by atoms with van der Waals surface area (Å²) in [4.78, 5) is 24.9. The second kappa shape index (κ2) is 8.02. The first-order valence-corrected chi connectivity index (χ1v) is 6.04. The van der Waals surface area contributed by atoms with Gasteiger partial charge < -0.3 is 14.9 Å². The van der Waals surface area contributed by atoms with Gasteiger partial charge in [-0.2, -0.15) is 0 Å². The van der Waals surface area contributed by atoms with Crippen LogP contribution < -0.4 is 0 Å². The van der Waals surface area contributed by atoms with Gasteiger partial charge in [-0.3, -0.25) is 19.4 Å². The van der Waals surface area contributed by atoms with Crippen molar-refractivity contribution in [1.82, 2.24) is 9.80 Å². The van der Waals surface area contributed by atoms with Gasteiger partial charge in [0, 0.05) is 26.2 Å². The van der Waals surface area contributed by atoms with Crippen LogP contribution in [0.2, 0.25) is 0 Å². The van der Waals surface area contributed by atoms with E-state index in [0.29, 0.717) is 39.4 Å². The molecular formula is C11H20N2O5. The molecule has 0 aromatic heterocycles. The SMILES string of the molecule is O=C(O)CN1CCCN(CC(=O)O)CCOCC1. The van der Waals surface area contributed by atoms with E-state index >= 15 is 0 Å². The van der Waals surface area contributed by atoms with E-state index in [-0.39, 0.29) is 13.1 Å². The van der Waals surface area contributed by atoms with Crippen LogP contribution in [0.25, 0.3) is 0 Å². The highest BCUT2D eigenvalue weighted by Crippen LogP contribution is 1.99. The fourth-order valence-corrected chi connectivity index (χ4v) is 1.93. The molecular weight excluding hydrogens is 240 g/mol. The smallest absolute Gasteiger partial charge is 0.317 e. The van der Waals surface area contributed by atoms with Crippen LogP contribution in [0.4, 0.5) is 0 Å². The lowest BCUT2D eigenvalue weighted by Crippen LogP contribution is -2.39. The molecule has 0 radical (unpaired) electrons. The number of carboxylic acids is 2. The van der Waals surface area contributed by atoms with Crippen molar-refractivity contribution < 1.29 is 24.5 Å². The van der Waals surface area contributed by atoms with Gasteiger partial charge in [-0.25, -0.2) is 0 Å². The van der Waals surface area contributed by atoms with Crippen LogP contribution >= 0.6 is 0 Å². The molecule has 104 valence electrons. The monoisotopic (exact) mass is 260 g/mol. The molecule has 0 aromatic rings. The van der Waals surface area contributed by atoms with Crippen LogP contribution in [-0.2, 0) is 14.3 Å². The third-order valence-corrected chi connectivity index (χ3v) is 2.77. The van der Waals surface area contributed by atoms with Gasteiger partial charge in [0.1, 0.15) is 0 Å². The Kier molecular flexibility index (Phi) is 6.63. The van der Waals surface area contributed by atoms with Crippen molar-refractivity contribution in [3.05, 3.63) is 0 Å². The summed E-state index contributed by atoms with van der Waals surface area (Å²) in [5.41, 5.74) is 0. The molecule has 0 saturated carbocycles. The first-order chi connectivity index (χ1) is 8.58. The van der Waals surface area contributed by atoms with E-state index in [1.807, 2.05) is 9.80 Å². The van der Waals surface area contributed by atoms with Gasteiger partial charge in [0.25, 0.3) is 0 Å². The van der Waals surface area contributed by atoms with Gasteiger partial charge in [-0.05, 0) is 6.42 Å². The lowest BCUT2D eigenvalue weighted by atomic mass is 10.3. The predicted octanol–water partition coefficient (Wildman–Crippen LogP) is -0.820. The summed E-state index contributed by atoms with van der Waals surface area (Å²) in [5, 5.41) is 17.5. The van der Waals surface area contributed by atoms with E-state index in [1.165, 1.54) is 0 Å². The Morgan fingerprint density at radius 2 is 1.33 bits per heavy atom. The molecule has 7 heteroatoms. The van der Waals surface area contributed by atoms with Gasteiger partial charge in [0.05, 0.1) is 26.3 Å². The Morgan fingerprint density at radius 1 is 0.889 bits per heavy atom. The van der Waals surface area contributed by atoms with Crippen molar-refractivity contribution in [2.24, 2.45) is 0 Å². The standard InChI is InChI=1S/C11H20N2O5/c14-10(15)8-12-2-1-3-13(9-11(16)17)5-7-18-6-4-12/h1-9H2,(H,14,15)(H,16,17). The van der Waals surface area contributed by atoms with E-state index in [2.05, 4.69) is 0 Å². The fourth-order valence-electron chi connectivity index (χ4n) is 1.93. The molecule has 1 rings (SSSR count). The van der Waals surface area contributed by atoms with Gasteiger partial charge in [-0.1, -0.05) is 0 Å². The van der Waals surface area contributed by atoms with Crippen LogP contribution in [0.1, 0.15) is 6.42 Å². The molecule has 1 saturated heterocycles. The number of nitrogens with zero attached hydrogens (tertiary/aromatic N) is 2. The number of ether oxygens (including phenoxy) is 1. The second-order valence-electron chi connectivity index (χ2n) is 4.31. The number of carboxylic acid groups (broad SMARTS) is 2. The lowest BCUT2D eigenvalue weighted by Gasteiger charge is -2.26. The Hall–Kier alpha value is -1.18. The number of aliphatic carboxylic acids is 2. The molecule has 1 fully saturated rings. The van der Waals surface area contributed by atoms with Crippen molar-refractivity contribution in [3.8, 4) is 0 Å². The summed E-state index contributed by atoms with van der Waals surface area (Å²) in [6.45, 7) is 3.46. The minimum absolute atomic E-state index is 0.00227. The molecule has 0 unspecified atom stereocenters. The maximum Gasteiger partial charge on any atom is 0.317 e. The highest BCUT2D eigenvalue weighted by molar-refractivity contribution is 5.69. The molecule has 0 aromatic carbocycles. The highest BCUT2D eigenvalue weighted by Gasteiger charge is 2.14. The van der Waals surface area contributed by atoms with Crippen LogP contribution in [0.5, 0.6) is 0 Å². The third-order valence-electron chi connectivity index (χ3n) is 2.77. The predicted molar refractivity (Wildman–Crippen MR) is 63.6 cm³/mol. The number of hydrogen-bond donors (Lipinski definition) is 2. The van der Waals surface area contributed by atoms with Crippen LogP contribution in [0, 0.1) is 0 Å². The minimum atomic E-state index is -0.852. The van der Waals surface area contributed by atoms with Crippen molar-refractivity contribution in [2.75, 3.05) is 52.5 Å². The summed E-state index contributed by atoms with van der Waals surface area (Å²) in [7, 11) is 0. The average molecular weight is 260 g/mol. The van der Waals surface area contributed by atoms with Gasteiger partial charge in [0.2, 0.25) is 0 Å². The second-order valence-corrected chi connectivity index (χ2v) is 4.31. The van der Waals surface area contributed by atoms with Gasteiger partial charge in [-0.15, -0.1) is 0 Å². The van der Waals surface area contributed by atoms with Crippen molar-refractivity contribution in [3.63, 3.8) is 0 Å². The third kappa shape index (κ3) is 6.53. The number of carbonyl (C=O) groups is 2. The Bertz CT molecular complexity index is 259. The first kappa shape index (κ1) is 14.9. The van der Waals surface area contributed by atoms with E-state index in [1.54, 1.807) is 0 Å². The zero-order chi connectivity index (χ0) is 13.4. The lowest BCUT2D eigenvalue weighted by molar-refractivity contribution is -0.138. The molecule has 2 N–H and O–H groups in total. The summed E-state index contributed by atoms with van der Waals surface area (Å²) >= 11 is 0. The molecule has 18 heavy (non-hydrogen) atoms. The number of rotatable bonds is 4. The van der Waals surface area contributed by atoms with Gasteiger partial charge >= 0.3 is 11.9 Å². The zero-order valence-electron chi connectivity index (χ0n) is 10.4. The maximum absolute atomic E-state index is 10.7. The molecule has 1 aliphatic heterocycles. The topological polar surface area (TPSA) is 90.3 Å². The molecule has 0 aliphatic carbocycles. The molecule has 0 atom stereocenters. The zero-order valence-corrected chi connectivity index (χ0v) is 10.4. The Morgan fingerprint density at radius 3 is 1.72 bits per heavy atom. The summed E-state index contributed by atoms with van der Waals surface area (Å²) < 4.78 is 5.36. The van der Waals surface area contributed by atoms with E-state index in [9.17, 15) is 9.59 Å². The maximum atomic E-state index is 10.7. The normalized spacial score (nSPS) is 20.4. The van der Waals surface area contributed by atoms with E-state index < -0.39 is 11.9 Å². The first-order valence-electron chi connectivity index (χ1n) is 6.04. The molecule has 1 aliphatic rings. The molecule has 0 amide bonds. The minimum Gasteiger partial charge on any atom is -0.480 e. The Balaban J connectivity index is 2.41. The largest absolute Gasteiger partial charge is 0.480 e. The number of hydrogen-bond acceptors (Lipinski definition) is 5. The van der Waals surface area contributed by atoms with Crippen molar-refractivity contribution in [1.29, 1.82) is 0 Å². The summed E-state index contributed by atoms with van der Waals surface area (Å²) in [6.07, 6.45) is 0.764. The van der Waals surface area contributed by atoms with Gasteiger partial charge in [0.15, 0.2) is 0 Å². The van der Waals surface area contributed by atoms with Crippen LogP contribution in [0.15, 0.2) is 0 Å². The summed E-state index contributed by atoms with van der Waals surface area (Å²) in [5.74, 6) is -1.70. The quantitative estimate of drug-likeness (QED) is 0.682. The van der Waals surface area contributed by atoms with E-state index in [0.717, 1.165) is 6.42 Å². The van der Waals surface area contributed by atoms with Crippen LogP contribution in [0.3, 0.4) is 0 Å². The average Bonchev–Trinajstić information content (AvgIpc) is 2.26. The fraction of sp³-hybridized carbons (Fsp3) is 0.818. The highest BCUT2D eigenvalue weighted by atomic mass is 16.5. The molecule has 7 nitrogen and oxygen atoms in total. The molecule has 0 bridgehead atoms. The molecule has 0 spiro atoms.